The molecule has 1 aliphatic heterocycles. The Morgan fingerprint density at radius 3 is 2.58 bits per heavy atom. The van der Waals surface area contributed by atoms with E-state index in [0.29, 0.717) is 37.9 Å². The number of nitrogens with one attached hydrogen (secondary N) is 1. The lowest BCUT2D eigenvalue weighted by Gasteiger charge is -2.13. The summed E-state index contributed by atoms with van der Waals surface area (Å²) in [5.41, 5.74) is 2.75. The summed E-state index contributed by atoms with van der Waals surface area (Å²) < 4.78 is 34.2. The SMILES string of the molecule is Cc1ccccc1/C=N/N=C1\S/C(=C\c2cc(Cl)ccc2OCC(=O)Nc2ccc(S(N)(=O)=O)cc2)C(=O)N1Cc1ccco1. The van der Waals surface area contributed by atoms with Gasteiger partial charge in [-0.25, -0.2) is 13.6 Å². The van der Waals surface area contributed by atoms with Crippen molar-refractivity contribution in [1.82, 2.24) is 4.90 Å². The molecule has 45 heavy (non-hydrogen) atoms. The van der Waals surface area contributed by atoms with E-state index in [2.05, 4.69) is 15.5 Å². The van der Waals surface area contributed by atoms with Gasteiger partial charge in [-0.3, -0.25) is 14.5 Å². The number of rotatable bonds is 10. The van der Waals surface area contributed by atoms with Crippen molar-refractivity contribution < 1.29 is 27.2 Å². The third-order valence-corrected chi connectivity index (χ3v) is 8.56. The number of primary sulfonamides is 1. The number of benzene rings is 3. The van der Waals surface area contributed by atoms with Crippen LogP contribution in [0.2, 0.25) is 5.02 Å². The Balaban J connectivity index is 1.34. The highest BCUT2D eigenvalue weighted by atomic mass is 35.5. The highest BCUT2D eigenvalue weighted by Crippen LogP contribution is 2.36. The van der Waals surface area contributed by atoms with Gasteiger partial charge in [0.2, 0.25) is 10.0 Å². The summed E-state index contributed by atoms with van der Waals surface area (Å²) in [4.78, 5) is 27.9. The first-order valence-corrected chi connectivity index (χ1v) is 16.1. The Labute approximate surface area is 268 Å². The number of anilines is 1. The molecule has 230 valence electrons. The van der Waals surface area contributed by atoms with Gasteiger partial charge in [0.15, 0.2) is 11.8 Å². The third-order valence-electron chi connectivity index (χ3n) is 6.39. The summed E-state index contributed by atoms with van der Waals surface area (Å²) in [5, 5.41) is 17.1. The minimum Gasteiger partial charge on any atom is -0.483 e. The van der Waals surface area contributed by atoms with E-state index in [-0.39, 0.29) is 24.0 Å². The predicted molar refractivity (Wildman–Crippen MR) is 174 cm³/mol. The predicted octanol–water partition coefficient (Wildman–Crippen LogP) is 5.41. The van der Waals surface area contributed by atoms with Crippen LogP contribution in [0.4, 0.5) is 5.69 Å². The molecule has 3 N–H and O–H groups in total. The van der Waals surface area contributed by atoms with E-state index in [1.807, 2.05) is 31.2 Å². The molecular weight excluding hydrogens is 638 g/mol. The van der Waals surface area contributed by atoms with Gasteiger partial charge in [0, 0.05) is 16.3 Å². The van der Waals surface area contributed by atoms with Crippen molar-refractivity contribution in [1.29, 1.82) is 0 Å². The molecule has 0 atom stereocenters. The van der Waals surface area contributed by atoms with Crippen molar-refractivity contribution in [2.45, 2.75) is 18.4 Å². The lowest BCUT2D eigenvalue weighted by atomic mass is 10.1. The van der Waals surface area contributed by atoms with E-state index >= 15 is 0 Å². The maximum absolute atomic E-state index is 13.6. The molecule has 1 saturated heterocycles. The van der Waals surface area contributed by atoms with Gasteiger partial charge in [-0.05, 0) is 90.5 Å². The minimum atomic E-state index is -3.86. The molecule has 1 aliphatic rings. The van der Waals surface area contributed by atoms with Gasteiger partial charge in [-0.2, -0.15) is 5.10 Å². The van der Waals surface area contributed by atoms with E-state index in [0.717, 1.165) is 22.9 Å². The Morgan fingerprint density at radius 1 is 1.09 bits per heavy atom. The van der Waals surface area contributed by atoms with Crippen LogP contribution in [-0.4, -0.2) is 43.1 Å². The molecular formula is C31H26ClN5O6S2. The lowest BCUT2D eigenvalue weighted by Crippen LogP contribution is -2.28. The topological polar surface area (TPSA) is 157 Å². The number of amidine groups is 1. The summed E-state index contributed by atoms with van der Waals surface area (Å²) in [6, 6.07) is 21.4. The number of sulfonamides is 1. The Bertz CT molecular complexity index is 1920. The lowest BCUT2D eigenvalue weighted by molar-refractivity contribution is -0.122. The second-order valence-corrected chi connectivity index (χ2v) is 12.7. The Morgan fingerprint density at radius 2 is 1.87 bits per heavy atom. The average molecular weight is 664 g/mol. The molecule has 1 fully saturated rings. The van der Waals surface area contributed by atoms with Crippen LogP contribution < -0.4 is 15.2 Å². The van der Waals surface area contributed by atoms with E-state index in [9.17, 15) is 18.0 Å². The number of thioether (sulfide) groups is 1. The van der Waals surface area contributed by atoms with Crippen LogP contribution in [-0.2, 0) is 26.2 Å². The van der Waals surface area contributed by atoms with Gasteiger partial charge in [0.1, 0.15) is 11.5 Å². The molecule has 5 rings (SSSR count). The van der Waals surface area contributed by atoms with Crippen LogP contribution >= 0.6 is 23.4 Å². The maximum Gasteiger partial charge on any atom is 0.267 e. The molecule has 3 aromatic carbocycles. The second-order valence-electron chi connectivity index (χ2n) is 9.65. The quantitative estimate of drug-likeness (QED) is 0.130. The summed E-state index contributed by atoms with van der Waals surface area (Å²) in [6.45, 7) is 1.74. The number of amides is 2. The summed E-state index contributed by atoms with van der Waals surface area (Å²) in [5.74, 6) is 0.0510. The third kappa shape index (κ3) is 8.28. The zero-order chi connectivity index (χ0) is 32.0. The largest absolute Gasteiger partial charge is 0.483 e. The van der Waals surface area contributed by atoms with Crippen molar-refractivity contribution in [3.8, 4) is 5.75 Å². The standard InChI is InChI=1S/C31H26ClN5O6S2/c1-20-5-2-3-6-21(20)17-34-36-31-37(18-25-7-4-14-42-25)30(39)28(44-31)16-22-15-23(32)8-13-27(22)43-19-29(38)35-24-9-11-26(12-10-24)45(33,40)41/h2-17H,18-19H2,1H3,(H,35,38)(H2,33,40,41)/b28-16-,34-17+,36-31-. The van der Waals surface area contributed by atoms with Crippen molar-refractivity contribution in [3.63, 3.8) is 0 Å². The molecule has 2 amide bonds. The number of hydrogen-bond acceptors (Lipinski definition) is 9. The van der Waals surface area contributed by atoms with E-state index < -0.39 is 15.9 Å². The summed E-state index contributed by atoms with van der Waals surface area (Å²) in [7, 11) is -3.86. The first-order chi connectivity index (χ1) is 21.6. The van der Waals surface area contributed by atoms with Crippen LogP contribution in [0.3, 0.4) is 0 Å². The summed E-state index contributed by atoms with van der Waals surface area (Å²) in [6.07, 6.45) is 4.77. The van der Waals surface area contributed by atoms with Crippen molar-refractivity contribution in [3.05, 3.63) is 118 Å². The number of ether oxygens (including phenoxy) is 1. The number of carbonyl (C=O) groups is 2. The number of hydrogen-bond donors (Lipinski definition) is 2. The molecule has 0 bridgehead atoms. The molecule has 1 aromatic heterocycles. The molecule has 0 saturated carbocycles. The van der Waals surface area contributed by atoms with Crippen molar-refractivity contribution in [2.24, 2.45) is 15.3 Å². The molecule has 0 aliphatic carbocycles. The van der Waals surface area contributed by atoms with Crippen molar-refractivity contribution in [2.75, 3.05) is 11.9 Å². The van der Waals surface area contributed by atoms with Gasteiger partial charge in [-0.1, -0.05) is 35.9 Å². The number of carbonyl (C=O) groups excluding carboxylic acids is 2. The number of aryl methyl sites for hydroxylation is 1. The fourth-order valence-electron chi connectivity index (χ4n) is 4.13. The van der Waals surface area contributed by atoms with Crippen LogP contribution in [0.25, 0.3) is 6.08 Å². The zero-order valence-corrected chi connectivity index (χ0v) is 26.1. The van der Waals surface area contributed by atoms with Gasteiger partial charge < -0.3 is 14.5 Å². The highest BCUT2D eigenvalue weighted by Gasteiger charge is 2.34. The fraction of sp³-hybridized carbons (Fsp3) is 0.0968. The van der Waals surface area contributed by atoms with Gasteiger partial charge in [0.25, 0.3) is 11.8 Å². The highest BCUT2D eigenvalue weighted by molar-refractivity contribution is 8.18. The van der Waals surface area contributed by atoms with Crippen LogP contribution in [0.15, 0.2) is 110 Å². The molecule has 0 radical (unpaired) electrons. The molecule has 11 nitrogen and oxygen atoms in total. The Hall–Kier alpha value is -4.69. The maximum atomic E-state index is 13.6. The first kappa shape index (κ1) is 31.7. The number of halogens is 1. The molecule has 4 aromatic rings. The van der Waals surface area contributed by atoms with Gasteiger partial charge in [-0.15, -0.1) is 5.10 Å². The average Bonchev–Trinajstić information content (AvgIpc) is 3.62. The van der Waals surface area contributed by atoms with E-state index in [1.54, 1.807) is 42.6 Å². The van der Waals surface area contributed by atoms with Gasteiger partial charge >= 0.3 is 0 Å². The van der Waals surface area contributed by atoms with Gasteiger partial charge in [0.05, 0.1) is 28.8 Å². The molecule has 14 heteroatoms. The smallest absolute Gasteiger partial charge is 0.267 e. The Kier molecular flexibility index (Phi) is 9.83. The number of nitrogens with zero attached hydrogens (tertiary/aromatic N) is 3. The van der Waals surface area contributed by atoms with Crippen LogP contribution in [0.5, 0.6) is 5.75 Å². The molecule has 2 heterocycles. The van der Waals surface area contributed by atoms with Crippen LogP contribution in [0, 0.1) is 6.92 Å². The normalized spacial score (nSPS) is 15.4. The molecule has 0 spiro atoms. The minimum absolute atomic E-state index is 0.0797. The van der Waals surface area contributed by atoms with Crippen LogP contribution in [0.1, 0.15) is 22.5 Å². The monoisotopic (exact) mass is 663 g/mol. The van der Waals surface area contributed by atoms with E-state index in [1.165, 1.54) is 35.4 Å². The van der Waals surface area contributed by atoms with E-state index in [4.69, 9.17) is 25.9 Å². The second kappa shape index (κ2) is 13.9. The van der Waals surface area contributed by atoms with Crippen molar-refractivity contribution >= 4 is 68.3 Å². The number of furan rings is 1. The fourth-order valence-corrected chi connectivity index (χ4v) is 5.75. The zero-order valence-electron chi connectivity index (χ0n) is 23.7. The molecule has 0 unspecified atom stereocenters. The number of nitrogens with two attached hydrogens (primary N) is 1. The first-order valence-electron chi connectivity index (χ1n) is 13.3. The summed E-state index contributed by atoms with van der Waals surface area (Å²) >= 11 is 7.40.